The molecule has 0 saturated heterocycles. The summed E-state index contributed by atoms with van der Waals surface area (Å²) in [4.78, 5) is 40.1. The Morgan fingerprint density at radius 3 is 2.57 bits per heavy atom. The maximum absolute atomic E-state index is 13.4. The van der Waals surface area contributed by atoms with Crippen molar-refractivity contribution in [1.82, 2.24) is 10.2 Å². The largest absolute Gasteiger partial charge is 0.469 e. The van der Waals surface area contributed by atoms with Crippen molar-refractivity contribution in [3.8, 4) is 0 Å². The minimum Gasteiger partial charge on any atom is -0.469 e. The molecule has 0 bridgehead atoms. The molecule has 1 aromatic rings. The lowest BCUT2D eigenvalue weighted by atomic mass is 9.70. The highest BCUT2D eigenvalue weighted by molar-refractivity contribution is 6.02. The average molecular weight is 386 g/mol. The number of methoxy groups -OCH3 is 1. The zero-order chi connectivity index (χ0) is 20.3. The smallest absolute Gasteiger partial charge is 0.307 e. The first kappa shape index (κ1) is 20.4. The van der Waals surface area contributed by atoms with Gasteiger partial charge in [-0.05, 0) is 30.4 Å². The molecule has 1 aromatic carbocycles. The number of nitrogens with zero attached hydrogens (tertiary/aromatic N) is 1. The minimum absolute atomic E-state index is 0.0322. The maximum atomic E-state index is 13.4. The fraction of sp³-hybridized carbons (Fsp3) is 0.591. The van der Waals surface area contributed by atoms with Gasteiger partial charge in [0.1, 0.15) is 0 Å². The van der Waals surface area contributed by atoms with Crippen LogP contribution >= 0.6 is 0 Å². The molecule has 1 spiro atoms. The SMILES string of the molecule is COC(=O)CCNC(=O)[C@@H]1c2ccccc2C(=O)N(CC(C)C)C12CCCC2. The molecule has 0 unspecified atom stereocenters. The van der Waals surface area contributed by atoms with Crippen LogP contribution in [0.4, 0.5) is 0 Å². The van der Waals surface area contributed by atoms with Crippen molar-refractivity contribution in [2.24, 2.45) is 5.92 Å². The van der Waals surface area contributed by atoms with Crippen LogP contribution in [0.25, 0.3) is 0 Å². The standard InChI is InChI=1S/C22H30N2O4/c1-15(2)14-24-21(27)17-9-5-4-8-16(17)19(22(24)11-6-7-12-22)20(26)23-13-10-18(25)28-3/h4-5,8-9,15,19H,6-7,10-14H2,1-3H3,(H,23,26)/t19-/m0/s1. The first-order valence-electron chi connectivity index (χ1n) is 10.2. The van der Waals surface area contributed by atoms with Gasteiger partial charge in [-0.1, -0.05) is 44.9 Å². The summed E-state index contributed by atoms with van der Waals surface area (Å²) in [5.41, 5.74) is 0.948. The minimum atomic E-state index is -0.481. The number of carbonyl (C=O) groups is 3. The second-order valence-corrected chi connectivity index (χ2v) is 8.26. The molecule has 6 nitrogen and oxygen atoms in total. The van der Waals surface area contributed by atoms with Gasteiger partial charge < -0.3 is 15.0 Å². The number of nitrogens with one attached hydrogen (secondary N) is 1. The molecule has 152 valence electrons. The number of amides is 2. The molecule has 3 rings (SSSR count). The van der Waals surface area contributed by atoms with Gasteiger partial charge in [0.2, 0.25) is 5.91 Å². The predicted molar refractivity (Wildman–Crippen MR) is 106 cm³/mol. The van der Waals surface area contributed by atoms with E-state index in [9.17, 15) is 14.4 Å². The van der Waals surface area contributed by atoms with Crippen LogP contribution in [0.15, 0.2) is 24.3 Å². The summed E-state index contributed by atoms with van der Waals surface area (Å²) in [6, 6.07) is 7.47. The lowest BCUT2D eigenvalue weighted by molar-refractivity contribution is -0.140. The number of carbonyl (C=O) groups excluding carboxylic acids is 3. The van der Waals surface area contributed by atoms with Gasteiger partial charge in [-0.25, -0.2) is 0 Å². The Morgan fingerprint density at radius 2 is 1.93 bits per heavy atom. The second kappa shape index (κ2) is 8.33. The Morgan fingerprint density at radius 1 is 1.25 bits per heavy atom. The lowest BCUT2D eigenvalue weighted by Crippen LogP contribution is -2.61. The zero-order valence-electron chi connectivity index (χ0n) is 17.0. The van der Waals surface area contributed by atoms with Gasteiger partial charge in [-0.3, -0.25) is 14.4 Å². The number of fused-ring (bicyclic) bond motifs is 1. The van der Waals surface area contributed by atoms with Gasteiger partial charge >= 0.3 is 5.97 Å². The van der Waals surface area contributed by atoms with Crippen LogP contribution in [0.3, 0.4) is 0 Å². The van der Waals surface area contributed by atoms with Crippen LogP contribution in [-0.4, -0.2) is 48.4 Å². The van der Waals surface area contributed by atoms with Crippen molar-refractivity contribution in [3.63, 3.8) is 0 Å². The van der Waals surface area contributed by atoms with Crippen LogP contribution in [0.1, 0.15) is 67.8 Å². The van der Waals surface area contributed by atoms with Crippen molar-refractivity contribution < 1.29 is 19.1 Å². The molecule has 1 aliphatic heterocycles. The number of rotatable bonds is 6. The molecule has 1 saturated carbocycles. The van der Waals surface area contributed by atoms with E-state index in [0.29, 0.717) is 18.0 Å². The molecule has 0 aromatic heterocycles. The van der Waals surface area contributed by atoms with Gasteiger partial charge in [-0.2, -0.15) is 0 Å². The summed E-state index contributed by atoms with van der Waals surface area (Å²) in [5.74, 6) is -0.532. The van der Waals surface area contributed by atoms with Crippen molar-refractivity contribution in [1.29, 1.82) is 0 Å². The zero-order valence-corrected chi connectivity index (χ0v) is 17.0. The molecule has 0 radical (unpaired) electrons. The second-order valence-electron chi connectivity index (χ2n) is 8.26. The van der Waals surface area contributed by atoms with Gasteiger partial charge in [-0.15, -0.1) is 0 Å². The molecule has 28 heavy (non-hydrogen) atoms. The summed E-state index contributed by atoms with van der Waals surface area (Å²) in [5, 5.41) is 2.92. The Labute approximate surface area is 166 Å². The van der Waals surface area contributed by atoms with Crippen molar-refractivity contribution in [2.75, 3.05) is 20.2 Å². The van der Waals surface area contributed by atoms with Crippen LogP contribution in [-0.2, 0) is 14.3 Å². The molecule has 6 heteroatoms. The van der Waals surface area contributed by atoms with Crippen molar-refractivity contribution >= 4 is 17.8 Å². The molecule has 1 heterocycles. The van der Waals surface area contributed by atoms with E-state index in [2.05, 4.69) is 23.9 Å². The van der Waals surface area contributed by atoms with E-state index in [1.807, 2.05) is 29.2 Å². The molecule has 1 N–H and O–H groups in total. The summed E-state index contributed by atoms with van der Waals surface area (Å²) in [6.45, 7) is 5.07. The fourth-order valence-electron chi connectivity index (χ4n) is 4.79. The van der Waals surface area contributed by atoms with Gasteiger partial charge in [0.25, 0.3) is 5.91 Å². The first-order chi connectivity index (χ1) is 13.4. The monoisotopic (exact) mass is 386 g/mol. The van der Waals surface area contributed by atoms with Crippen molar-refractivity contribution in [2.45, 2.75) is 57.4 Å². The Balaban J connectivity index is 1.98. The maximum Gasteiger partial charge on any atom is 0.307 e. The molecular formula is C22H30N2O4. The molecule has 1 fully saturated rings. The lowest BCUT2D eigenvalue weighted by Gasteiger charge is -2.50. The van der Waals surface area contributed by atoms with Crippen molar-refractivity contribution in [3.05, 3.63) is 35.4 Å². The third-order valence-corrected chi connectivity index (χ3v) is 5.96. The van der Waals surface area contributed by atoms with Crippen LogP contribution < -0.4 is 5.32 Å². The Bertz CT molecular complexity index is 753. The highest BCUT2D eigenvalue weighted by Gasteiger charge is 2.55. The molecular weight excluding hydrogens is 356 g/mol. The summed E-state index contributed by atoms with van der Waals surface area (Å²) >= 11 is 0. The molecule has 1 aliphatic carbocycles. The van der Waals surface area contributed by atoms with Gasteiger partial charge in [0.15, 0.2) is 0 Å². The number of hydrogen-bond acceptors (Lipinski definition) is 4. The van der Waals surface area contributed by atoms with Gasteiger partial charge in [0, 0.05) is 18.7 Å². The number of hydrogen-bond donors (Lipinski definition) is 1. The third-order valence-electron chi connectivity index (χ3n) is 5.96. The van der Waals surface area contributed by atoms with Crippen LogP contribution in [0.2, 0.25) is 0 Å². The van der Waals surface area contributed by atoms with Crippen LogP contribution in [0, 0.1) is 5.92 Å². The molecule has 2 amide bonds. The average Bonchev–Trinajstić information content (AvgIpc) is 3.15. The van der Waals surface area contributed by atoms with E-state index in [0.717, 1.165) is 31.2 Å². The molecule has 2 aliphatic rings. The number of esters is 1. The fourth-order valence-corrected chi connectivity index (χ4v) is 4.79. The normalized spacial score (nSPS) is 20.4. The van der Waals surface area contributed by atoms with E-state index in [-0.39, 0.29) is 30.7 Å². The number of benzene rings is 1. The molecule has 1 atom stereocenters. The summed E-state index contributed by atoms with van der Waals surface area (Å²) in [7, 11) is 1.34. The highest BCUT2D eigenvalue weighted by Crippen LogP contribution is 2.50. The predicted octanol–water partition coefficient (Wildman–Crippen LogP) is 2.87. The number of ether oxygens (including phenoxy) is 1. The topological polar surface area (TPSA) is 75.7 Å². The Kier molecular flexibility index (Phi) is 6.06. The quantitative estimate of drug-likeness (QED) is 0.763. The summed E-state index contributed by atoms with van der Waals surface area (Å²) in [6.07, 6.45) is 3.81. The van der Waals surface area contributed by atoms with E-state index < -0.39 is 11.5 Å². The van der Waals surface area contributed by atoms with E-state index in [1.54, 1.807) is 0 Å². The van der Waals surface area contributed by atoms with E-state index in [1.165, 1.54) is 7.11 Å². The Hall–Kier alpha value is -2.37. The highest BCUT2D eigenvalue weighted by atomic mass is 16.5. The van der Waals surface area contributed by atoms with Crippen LogP contribution in [0.5, 0.6) is 0 Å². The van der Waals surface area contributed by atoms with E-state index in [4.69, 9.17) is 0 Å². The van der Waals surface area contributed by atoms with Gasteiger partial charge in [0.05, 0.1) is 25.0 Å². The van der Waals surface area contributed by atoms with E-state index >= 15 is 0 Å². The summed E-state index contributed by atoms with van der Waals surface area (Å²) < 4.78 is 4.66. The third kappa shape index (κ3) is 3.64. The first-order valence-corrected chi connectivity index (χ1v) is 10.2.